The Morgan fingerprint density at radius 1 is 1.12 bits per heavy atom. The highest BCUT2D eigenvalue weighted by atomic mass is 19.1. The van der Waals surface area contributed by atoms with Gasteiger partial charge in [0.25, 0.3) is 0 Å². The molecule has 0 unspecified atom stereocenters. The van der Waals surface area contributed by atoms with Crippen molar-refractivity contribution in [3.05, 3.63) is 53.3 Å². The lowest BCUT2D eigenvalue weighted by Gasteiger charge is -2.29. The molecule has 2 aromatic carbocycles. The predicted octanol–water partition coefficient (Wildman–Crippen LogP) is 5.58. The number of carbonyl (C=O) groups is 1. The molecule has 4 heteroatoms. The molecule has 0 N–H and O–H groups in total. The van der Waals surface area contributed by atoms with Crippen molar-refractivity contribution in [1.82, 2.24) is 0 Å². The molecule has 0 saturated heterocycles. The Balaban J connectivity index is 2.20. The summed E-state index contributed by atoms with van der Waals surface area (Å²) in [5.74, 6) is 0.191. The highest BCUT2D eigenvalue weighted by Gasteiger charge is 2.37. The molecule has 1 aliphatic rings. The van der Waals surface area contributed by atoms with E-state index in [9.17, 15) is 9.18 Å². The third-order valence-electron chi connectivity index (χ3n) is 5.57. The quantitative estimate of drug-likeness (QED) is 0.671. The minimum absolute atomic E-state index is 0.0961. The number of carbonyl (C=O) groups excluding carboxylic acids is 1. The number of methoxy groups -OCH3 is 2. The molecule has 2 aromatic rings. The fourth-order valence-electron chi connectivity index (χ4n) is 4.08. The molecule has 26 heavy (non-hydrogen) atoms. The van der Waals surface area contributed by atoms with Gasteiger partial charge < -0.3 is 9.47 Å². The summed E-state index contributed by atoms with van der Waals surface area (Å²) < 4.78 is 24.8. The first kappa shape index (κ1) is 18.4. The van der Waals surface area contributed by atoms with E-state index in [1.807, 2.05) is 12.1 Å². The van der Waals surface area contributed by atoms with E-state index in [1.165, 1.54) is 13.2 Å². The van der Waals surface area contributed by atoms with Crippen molar-refractivity contribution in [2.45, 2.75) is 39.0 Å². The fourth-order valence-corrected chi connectivity index (χ4v) is 4.08. The number of ether oxygens (including phenoxy) is 2. The molecule has 1 fully saturated rings. The second-order valence-corrected chi connectivity index (χ2v) is 7.57. The van der Waals surface area contributed by atoms with E-state index in [-0.39, 0.29) is 23.1 Å². The molecule has 0 aromatic heterocycles. The zero-order valence-electron chi connectivity index (χ0n) is 15.8. The summed E-state index contributed by atoms with van der Waals surface area (Å²) in [7, 11) is 2.94. The first-order valence-corrected chi connectivity index (χ1v) is 8.93. The summed E-state index contributed by atoms with van der Waals surface area (Å²) in [5.41, 5.74) is 2.91. The van der Waals surface area contributed by atoms with Gasteiger partial charge in [0.15, 0.2) is 0 Å². The van der Waals surface area contributed by atoms with E-state index in [0.29, 0.717) is 16.9 Å². The summed E-state index contributed by atoms with van der Waals surface area (Å²) in [4.78, 5) is 12.0. The fraction of sp³-hybridized carbons (Fsp3) is 0.409. The molecule has 0 heterocycles. The second kappa shape index (κ2) is 7.10. The maximum atomic E-state index is 14.6. The van der Waals surface area contributed by atoms with Gasteiger partial charge in [-0.3, -0.25) is 0 Å². The van der Waals surface area contributed by atoms with Gasteiger partial charge in [-0.25, -0.2) is 9.18 Å². The zero-order valence-corrected chi connectivity index (χ0v) is 15.8. The van der Waals surface area contributed by atoms with Gasteiger partial charge in [0, 0.05) is 5.56 Å². The van der Waals surface area contributed by atoms with Crippen LogP contribution in [-0.4, -0.2) is 20.2 Å². The van der Waals surface area contributed by atoms with Gasteiger partial charge in [0.05, 0.1) is 19.8 Å². The van der Waals surface area contributed by atoms with Crippen molar-refractivity contribution in [1.29, 1.82) is 0 Å². The van der Waals surface area contributed by atoms with Gasteiger partial charge in [-0.1, -0.05) is 26.3 Å². The first-order valence-electron chi connectivity index (χ1n) is 8.93. The average molecular weight is 356 g/mol. The van der Waals surface area contributed by atoms with Crippen molar-refractivity contribution < 1.29 is 18.7 Å². The highest BCUT2D eigenvalue weighted by Crippen LogP contribution is 2.51. The Morgan fingerprint density at radius 2 is 1.88 bits per heavy atom. The smallest absolute Gasteiger partial charge is 0.337 e. The second-order valence-electron chi connectivity index (χ2n) is 7.57. The lowest BCUT2D eigenvalue weighted by molar-refractivity contribution is 0.0600. The van der Waals surface area contributed by atoms with Crippen molar-refractivity contribution in [2.24, 2.45) is 5.41 Å². The van der Waals surface area contributed by atoms with Crippen LogP contribution in [0.4, 0.5) is 4.39 Å². The van der Waals surface area contributed by atoms with Crippen molar-refractivity contribution in [3.63, 3.8) is 0 Å². The van der Waals surface area contributed by atoms with E-state index < -0.39 is 0 Å². The predicted molar refractivity (Wildman–Crippen MR) is 100 cm³/mol. The number of halogens is 1. The number of hydrogen-bond acceptors (Lipinski definition) is 3. The average Bonchev–Trinajstić information content (AvgIpc) is 3.00. The van der Waals surface area contributed by atoms with Crippen LogP contribution in [0.25, 0.3) is 11.1 Å². The van der Waals surface area contributed by atoms with Crippen molar-refractivity contribution >= 4 is 5.97 Å². The summed E-state index contributed by atoms with van der Waals surface area (Å²) >= 11 is 0. The van der Waals surface area contributed by atoms with Crippen LogP contribution in [0.15, 0.2) is 36.4 Å². The summed E-state index contributed by atoms with van der Waals surface area (Å²) in [5, 5.41) is 0. The van der Waals surface area contributed by atoms with Crippen LogP contribution >= 0.6 is 0 Å². The molecule has 0 bridgehead atoms. The third kappa shape index (κ3) is 3.33. The molecular formula is C22H25FO3. The Labute approximate surface area is 154 Å². The number of benzene rings is 2. The van der Waals surface area contributed by atoms with E-state index in [2.05, 4.69) is 13.8 Å². The van der Waals surface area contributed by atoms with Crippen LogP contribution in [0.3, 0.4) is 0 Å². The molecular weight excluding hydrogens is 331 g/mol. The normalized spacial score (nSPS) is 18.6. The SMILES string of the molecule is COC(=O)c1ccc(-c2cc(OC)ccc2F)c([C@H]2CCCC2(C)C)c1. The molecule has 3 nitrogen and oxygen atoms in total. The van der Waals surface area contributed by atoms with Crippen LogP contribution in [0.1, 0.15) is 54.9 Å². The Morgan fingerprint density at radius 3 is 2.50 bits per heavy atom. The Hall–Kier alpha value is -2.36. The third-order valence-corrected chi connectivity index (χ3v) is 5.57. The minimum Gasteiger partial charge on any atom is -0.497 e. The van der Waals surface area contributed by atoms with Crippen LogP contribution in [0.5, 0.6) is 5.75 Å². The van der Waals surface area contributed by atoms with E-state index in [4.69, 9.17) is 9.47 Å². The van der Waals surface area contributed by atoms with Crippen molar-refractivity contribution in [3.8, 4) is 16.9 Å². The van der Waals surface area contributed by atoms with E-state index >= 15 is 0 Å². The summed E-state index contributed by atoms with van der Waals surface area (Å²) in [6.07, 6.45) is 3.26. The topological polar surface area (TPSA) is 35.5 Å². The van der Waals surface area contributed by atoms with E-state index in [1.54, 1.807) is 25.3 Å². The number of esters is 1. The van der Waals surface area contributed by atoms with E-state index in [0.717, 1.165) is 30.4 Å². The molecule has 1 saturated carbocycles. The first-order chi connectivity index (χ1) is 12.4. The Bertz CT molecular complexity index is 826. The molecule has 0 spiro atoms. The maximum absolute atomic E-state index is 14.6. The molecule has 0 radical (unpaired) electrons. The molecule has 1 atom stereocenters. The van der Waals surface area contributed by atoms with Gasteiger partial charge in [0.1, 0.15) is 11.6 Å². The van der Waals surface area contributed by atoms with Crippen LogP contribution in [0.2, 0.25) is 0 Å². The number of rotatable bonds is 4. The summed E-state index contributed by atoms with van der Waals surface area (Å²) in [6, 6.07) is 10.2. The van der Waals surface area contributed by atoms with Gasteiger partial charge >= 0.3 is 5.97 Å². The monoisotopic (exact) mass is 356 g/mol. The minimum atomic E-state index is -0.375. The van der Waals surface area contributed by atoms with Gasteiger partial charge in [-0.15, -0.1) is 0 Å². The zero-order chi connectivity index (χ0) is 18.9. The molecule has 3 rings (SSSR count). The molecule has 1 aliphatic carbocycles. The standard InChI is InChI=1S/C22H25FO3/c1-22(2)11-5-6-19(22)17-12-14(21(24)26-4)7-9-16(17)18-13-15(25-3)8-10-20(18)23/h7-10,12-13,19H,5-6,11H2,1-4H3/t19-/m1/s1. The Kier molecular flexibility index (Phi) is 5.03. The lowest BCUT2D eigenvalue weighted by atomic mass is 9.75. The molecule has 0 aliphatic heterocycles. The van der Waals surface area contributed by atoms with Crippen LogP contribution in [0, 0.1) is 11.2 Å². The lowest BCUT2D eigenvalue weighted by Crippen LogP contribution is -2.17. The summed E-state index contributed by atoms with van der Waals surface area (Å²) in [6.45, 7) is 4.47. The largest absolute Gasteiger partial charge is 0.497 e. The maximum Gasteiger partial charge on any atom is 0.337 e. The van der Waals surface area contributed by atoms with Gasteiger partial charge in [0.2, 0.25) is 0 Å². The molecule has 138 valence electrons. The van der Waals surface area contributed by atoms with Crippen LogP contribution in [-0.2, 0) is 4.74 Å². The highest BCUT2D eigenvalue weighted by molar-refractivity contribution is 5.90. The number of hydrogen-bond donors (Lipinski definition) is 0. The van der Waals surface area contributed by atoms with Gasteiger partial charge in [-0.05, 0) is 65.6 Å². The van der Waals surface area contributed by atoms with Gasteiger partial charge in [-0.2, -0.15) is 0 Å². The molecule has 0 amide bonds. The van der Waals surface area contributed by atoms with Crippen LogP contribution < -0.4 is 4.74 Å². The van der Waals surface area contributed by atoms with Crippen molar-refractivity contribution in [2.75, 3.05) is 14.2 Å².